The number of benzene rings is 2. The van der Waals surface area contributed by atoms with Gasteiger partial charge in [-0.2, -0.15) is 0 Å². The molecule has 3 heteroatoms. The van der Waals surface area contributed by atoms with Crippen LogP contribution in [0.4, 0.5) is 4.48 Å². The highest BCUT2D eigenvalue weighted by Gasteiger charge is 2.43. The Morgan fingerprint density at radius 2 is 1.62 bits per heavy atom. The van der Waals surface area contributed by atoms with Gasteiger partial charge in [0.2, 0.25) is 0 Å². The fourth-order valence-electron chi connectivity index (χ4n) is 3.71. The Balaban J connectivity index is 1.68. The third-order valence-corrected chi connectivity index (χ3v) is 5.44. The van der Waals surface area contributed by atoms with Crippen LogP contribution in [0.3, 0.4) is 0 Å². The van der Waals surface area contributed by atoms with Crippen molar-refractivity contribution in [2.24, 2.45) is 0 Å². The molecule has 0 spiro atoms. The van der Waals surface area contributed by atoms with Crippen molar-refractivity contribution in [1.29, 1.82) is 0 Å². The van der Waals surface area contributed by atoms with E-state index < -0.39 is 0 Å². The van der Waals surface area contributed by atoms with Crippen molar-refractivity contribution in [2.75, 3.05) is 26.7 Å². The minimum absolute atomic E-state index is 0.0145. The second-order valence-corrected chi connectivity index (χ2v) is 7.19. The molecule has 3 unspecified atom stereocenters. The molecule has 24 heavy (non-hydrogen) atoms. The molecule has 1 aliphatic heterocycles. The second-order valence-electron chi connectivity index (χ2n) is 7.19. The Kier molecular flexibility index (Phi) is 5.32. The lowest BCUT2D eigenvalue weighted by Gasteiger charge is -2.43. The summed E-state index contributed by atoms with van der Waals surface area (Å²) >= 11 is 0. The molecule has 0 aliphatic carbocycles. The summed E-state index contributed by atoms with van der Waals surface area (Å²) in [6, 6.07) is 21.0. The quantitative estimate of drug-likeness (QED) is 0.754. The third kappa shape index (κ3) is 4.03. The Bertz CT molecular complexity index is 631. The fourth-order valence-corrected chi connectivity index (χ4v) is 3.71. The van der Waals surface area contributed by atoms with E-state index in [2.05, 4.69) is 55.3 Å². The van der Waals surface area contributed by atoms with E-state index in [-0.39, 0.29) is 16.8 Å². The molecule has 1 heterocycles. The molecule has 3 rings (SSSR count). The largest absolute Gasteiger partial charge is 0.292 e. The van der Waals surface area contributed by atoms with E-state index in [1.54, 1.807) is 0 Å². The van der Waals surface area contributed by atoms with Gasteiger partial charge in [-0.15, -0.1) is 4.71 Å². The van der Waals surface area contributed by atoms with E-state index in [0.29, 0.717) is 13.1 Å². The summed E-state index contributed by atoms with van der Waals surface area (Å²) in [5.41, 5.74) is 2.51. The first kappa shape index (κ1) is 17.1. The number of hydrogen-bond donors (Lipinski definition) is 0. The van der Waals surface area contributed by atoms with Crippen LogP contribution in [0.1, 0.15) is 18.1 Å². The van der Waals surface area contributed by atoms with Crippen molar-refractivity contribution in [3.63, 3.8) is 0 Å². The van der Waals surface area contributed by atoms with Crippen LogP contribution >= 0.6 is 0 Å². The van der Waals surface area contributed by atoms with Crippen molar-refractivity contribution in [2.45, 2.75) is 31.8 Å². The van der Waals surface area contributed by atoms with E-state index in [1.165, 1.54) is 11.1 Å². The molecule has 0 N–H and O–H groups in total. The Morgan fingerprint density at radius 1 is 1.04 bits per heavy atom. The summed E-state index contributed by atoms with van der Waals surface area (Å²) < 4.78 is 15.4. The highest BCUT2D eigenvalue weighted by Crippen LogP contribution is 2.26. The van der Waals surface area contributed by atoms with Crippen LogP contribution in [-0.4, -0.2) is 48.4 Å². The SMILES string of the molecule is CC(Cc1ccccc1)[N+]1(F)CCN(C)C(Cc2ccccc2)C1. The number of piperazine rings is 1. The lowest BCUT2D eigenvalue weighted by Crippen LogP contribution is -2.62. The number of halogens is 1. The van der Waals surface area contributed by atoms with Crippen molar-refractivity contribution in [3.8, 4) is 0 Å². The first-order valence-electron chi connectivity index (χ1n) is 8.91. The smallest absolute Gasteiger partial charge is 0.131 e. The Morgan fingerprint density at radius 3 is 2.25 bits per heavy atom. The van der Waals surface area contributed by atoms with Crippen LogP contribution < -0.4 is 0 Å². The predicted octanol–water partition coefficient (Wildman–Crippen LogP) is 3.88. The van der Waals surface area contributed by atoms with E-state index in [1.807, 2.05) is 24.3 Å². The zero-order valence-electron chi connectivity index (χ0n) is 14.7. The summed E-state index contributed by atoms with van der Waals surface area (Å²) in [6.07, 6.45) is 1.71. The standard InChI is InChI=1S/C21H28FN2/c1-18(15-19-9-5-3-6-10-19)24(22)14-13-23(2)21(17-24)16-20-11-7-4-8-12-20/h3-12,18,21H,13-17H2,1-2H3/q+1. The van der Waals surface area contributed by atoms with Crippen LogP contribution in [-0.2, 0) is 12.8 Å². The molecule has 1 fully saturated rings. The van der Waals surface area contributed by atoms with Gasteiger partial charge in [-0.05, 0) is 36.0 Å². The zero-order chi connectivity index (χ0) is 17.0. The maximum absolute atomic E-state index is 15.7. The molecular formula is C21H28FN2+. The molecule has 1 saturated heterocycles. The van der Waals surface area contributed by atoms with Gasteiger partial charge in [-0.25, -0.2) is 0 Å². The van der Waals surface area contributed by atoms with Crippen LogP contribution in [0.15, 0.2) is 60.7 Å². The minimum atomic E-state index is -0.323. The third-order valence-electron chi connectivity index (χ3n) is 5.44. The van der Waals surface area contributed by atoms with Gasteiger partial charge in [0.25, 0.3) is 0 Å². The van der Waals surface area contributed by atoms with E-state index in [0.717, 1.165) is 19.4 Å². The zero-order valence-corrected chi connectivity index (χ0v) is 14.7. The van der Waals surface area contributed by atoms with Gasteiger partial charge in [0, 0.05) is 6.42 Å². The predicted molar refractivity (Wildman–Crippen MR) is 97.3 cm³/mol. The highest BCUT2D eigenvalue weighted by molar-refractivity contribution is 5.16. The minimum Gasteiger partial charge on any atom is -0.292 e. The molecular weight excluding hydrogens is 299 g/mol. The molecule has 0 aromatic heterocycles. The summed E-state index contributed by atoms with van der Waals surface area (Å²) in [5.74, 6) is 0. The van der Waals surface area contributed by atoms with Crippen molar-refractivity contribution < 1.29 is 9.19 Å². The molecule has 2 aromatic rings. The number of quaternary nitrogens is 1. The summed E-state index contributed by atoms with van der Waals surface area (Å²) in [5, 5.41) is 0. The van der Waals surface area contributed by atoms with Crippen LogP contribution in [0.25, 0.3) is 0 Å². The summed E-state index contributed by atoms with van der Waals surface area (Å²) in [4.78, 5) is 2.32. The Hall–Kier alpha value is -1.71. The molecule has 0 radical (unpaired) electrons. The summed E-state index contributed by atoms with van der Waals surface area (Å²) in [6.45, 7) is 4.01. The normalized spacial score (nSPS) is 26.2. The molecule has 2 aromatic carbocycles. The molecule has 1 aliphatic rings. The first-order chi connectivity index (χ1) is 11.6. The summed E-state index contributed by atoms with van der Waals surface area (Å²) in [7, 11) is 2.12. The van der Waals surface area contributed by atoms with Gasteiger partial charge >= 0.3 is 0 Å². The van der Waals surface area contributed by atoms with E-state index in [9.17, 15) is 0 Å². The molecule has 128 valence electrons. The van der Waals surface area contributed by atoms with Crippen molar-refractivity contribution >= 4 is 0 Å². The average Bonchev–Trinajstić information content (AvgIpc) is 2.60. The second kappa shape index (κ2) is 7.45. The molecule has 2 nitrogen and oxygen atoms in total. The first-order valence-corrected chi connectivity index (χ1v) is 8.91. The maximum Gasteiger partial charge on any atom is 0.131 e. The van der Waals surface area contributed by atoms with Crippen LogP contribution in [0.2, 0.25) is 0 Å². The lowest BCUT2D eigenvalue weighted by atomic mass is 9.99. The van der Waals surface area contributed by atoms with Gasteiger partial charge in [0.1, 0.15) is 19.1 Å². The number of nitrogens with zero attached hydrogens (tertiary/aromatic N) is 2. The van der Waals surface area contributed by atoms with Crippen LogP contribution in [0.5, 0.6) is 0 Å². The van der Waals surface area contributed by atoms with Crippen LogP contribution in [0, 0.1) is 0 Å². The van der Waals surface area contributed by atoms with Gasteiger partial charge < -0.3 is 0 Å². The molecule has 0 amide bonds. The van der Waals surface area contributed by atoms with Gasteiger partial charge in [0.05, 0.1) is 12.6 Å². The number of rotatable bonds is 5. The van der Waals surface area contributed by atoms with E-state index >= 15 is 4.48 Å². The molecule has 0 saturated carbocycles. The average molecular weight is 327 g/mol. The lowest BCUT2D eigenvalue weighted by molar-refractivity contribution is -1.08. The number of hydrogen-bond acceptors (Lipinski definition) is 1. The monoisotopic (exact) mass is 327 g/mol. The molecule has 0 bridgehead atoms. The van der Waals surface area contributed by atoms with Crippen molar-refractivity contribution in [3.05, 3.63) is 71.8 Å². The Labute approximate surface area is 145 Å². The van der Waals surface area contributed by atoms with Gasteiger partial charge in [-0.1, -0.05) is 60.7 Å². The number of likely N-dealkylation sites (N-methyl/N-ethyl adjacent to an activating group) is 1. The van der Waals surface area contributed by atoms with Gasteiger partial charge in [0.15, 0.2) is 0 Å². The fraction of sp³-hybridized carbons (Fsp3) is 0.429. The highest BCUT2D eigenvalue weighted by atomic mass is 19.2. The maximum atomic E-state index is 15.7. The molecule has 3 atom stereocenters. The van der Waals surface area contributed by atoms with E-state index in [4.69, 9.17) is 0 Å². The topological polar surface area (TPSA) is 3.24 Å². The van der Waals surface area contributed by atoms with Crippen molar-refractivity contribution in [1.82, 2.24) is 4.90 Å². The van der Waals surface area contributed by atoms with Gasteiger partial charge in [-0.3, -0.25) is 4.90 Å².